The number of aromatic amines is 1. The number of nitrogens with one attached hydrogen (secondary N) is 1. The maximum absolute atomic E-state index is 15.2. The number of para-hydroxylation sites is 1. The molecule has 1 saturated heterocycles. The van der Waals surface area contributed by atoms with E-state index in [4.69, 9.17) is 4.98 Å². The van der Waals surface area contributed by atoms with Gasteiger partial charge in [0.25, 0.3) is 5.56 Å². The highest BCUT2D eigenvalue weighted by molar-refractivity contribution is 5.81. The number of piperidine rings is 1. The number of anilines is 2. The molecule has 6 nitrogen and oxygen atoms in total. The fourth-order valence-corrected chi connectivity index (χ4v) is 5.71. The second-order valence-electron chi connectivity index (χ2n) is 9.63. The van der Waals surface area contributed by atoms with E-state index < -0.39 is 17.0 Å². The summed E-state index contributed by atoms with van der Waals surface area (Å²) in [5.41, 5.74) is 3.25. The molecule has 0 amide bonds. The molecular weight excluding hydrogens is 448 g/mol. The van der Waals surface area contributed by atoms with Crippen molar-refractivity contribution >= 4 is 22.5 Å². The Morgan fingerprint density at radius 2 is 1.94 bits per heavy atom. The number of hydrogen-bond acceptors (Lipinski definition) is 5. The number of benzene rings is 2. The van der Waals surface area contributed by atoms with Crippen LogP contribution in [-0.2, 0) is 12.0 Å². The molecule has 0 unspecified atom stereocenters. The molecule has 1 N–H and O–H groups in total. The topological polar surface area (TPSA) is 65.1 Å². The first-order chi connectivity index (χ1) is 16.9. The monoisotopic (exact) mass is 473 g/mol. The fraction of sp³-hybridized carbons (Fsp3) is 0.296. The molecule has 0 saturated carbocycles. The third-order valence-electron chi connectivity index (χ3n) is 7.44. The van der Waals surface area contributed by atoms with Crippen molar-refractivity contribution in [1.29, 1.82) is 0 Å². The van der Waals surface area contributed by atoms with Crippen LogP contribution in [0.3, 0.4) is 0 Å². The minimum atomic E-state index is -0.569. The summed E-state index contributed by atoms with van der Waals surface area (Å²) < 4.78 is 29.5. The maximum Gasteiger partial charge on any atom is 0.260 e. The van der Waals surface area contributed by atoms with Crippen LogP contribution in [-0.4, -0.2) is 34.6 Å². The Kier molecular flexibility index (Phi) is 5.05. The molecule has 2 aliphatic heterocycles. The predicted octanol–water partition coefficient (Wildman–Crippen LogP) is 4.46. The number of nitrogens with zero attached hydrogens (tertiary/aromatic N) is 4. The van der Waals surface area contributed by atoms with E-state index in [1.165, 1.54) is 6.07 Å². The molecular formula is C27H25F2N5O. The van der Waals surface area contributed by atoms with E-state index in [1.807, 2.05) is 31.2 Å². The van der Waals surface area contributed by atoms with Gasteiger partial charge in [0, 0.05) is 61.3 Å². The first-order valence-electron chi connectivity index (χ1n) is 11.8. The highest BCUT2D eigenvalue weighted by Crippen LogP contribution is 2.49. The van der Waals surface area contributed by atoms with E-state index in [9.17, 15) is 9.18 Å². The third-order valence-corrected chi connectivity index (χ3v) is 7.44. The van der Waals surface area contributed by atoms with Crippen LogP contribution in [0.4, 0.5) is 20.4 Å². The van der Waals surface area contributed by atoms with Crippen molar-refractivity contribution < 1.29 is 8.78 Å². The SMILES string of the molecule is Cc1cccc2c(=O)[nH]c(N3CCC4(CC3)CN(Cc3cccnc3)c3cc(F)cc(F)c34)nc12. The molecule has 2 aliphatic rings. The Morgan fingerprint density at radius 3 is 2.71 bits per heavy atom. The Balaban J connectivity index is 1.32. The lowest BCUT2D eigenvalue weighted by Crippen LogP contribution is -2.46. The highest BCUT2D eigenvalue weighted by atomic mass is 19.1. The molecule has 4 aromatic rings. The van der Waals surface area contributed by atoms with Crippen molar-refractivity contribution in [3.8, 4) is 0 Å². The largest absolute Gasteiger partial charge is 0.366 e. The number of aryl methyl sites for hydroxylation is 1. The van der Waals surface area contributed by atoms with Gasteiger partial charge in [0.1, 0.15) is 11.6 Å². The summed E-state index contributed by atoms with van der Waals surface area (Å²) in [6.45, 7) is 4.30. The van der Waals surface area contributed by atoms with E-state index in [0.717, 1.165) is 17.2 Å². The number of halogens is 2. The van der Waals surface area contributed by atoms with Crippen molar-refractivity contribution in [2.75, 3.05) is 29.4 Å². The Morgan fingerprint density at radius 1 is 1.11 bits per heavy atom. The van der Waals surface area contributed by atoms with Crippen molar-refractivity contribution in [3.63, 3.8) is 0 Å². The molecule has 178 valence electrons. The number of aromatic nitrogens is 3. The first kappa shape index (κ1) is 21.7. The summed E-state index contributed by atoms with van der Waals surface area (Å²) in [5.74, 6) is -0.521. The summed E-state index contributed by atoms with van der Waals surface area (Å²) in [4.78, 5) is 28.7. The van der Waals surface area contributed by atoms with Gasteiger partial charge < -0.3 is 9.80 Å². The van der Waals surface area contributed by atoms with Crippen LogP contribution in [0.1, 0.15) is 29.5 Å². The van der Waals surface area contributed by atoms with Crippen LogP contribution in [0.25, 0.3) is 10.9 Å². The van der Waals surface area contributed by atoms with Gasteiger partial charge in [-0.05, 0) is 49.1 Å². The number of pyridine rings is 1. The molecule has 2 aromatic carbocycles. The van der Waals surface area contributed by atoms with E-state index in [0.29, 0.717) is 67.1 Å². The van der Waals surface area contributed by atoms with Gasteiger partial charge in [-0.2, -0.15) is 0 Å². The van der Waals surface area contributed by atoms with Gasteiger partial charge in [0.2, 0.25) is 5.95 Å². The first-order valence-corrected chi connectivity index (χ1v) is 11.8. The second-order valence-corrected chi connectivity index (χ2v) is 9.63. The van der Waals surface area contributed by atoms with Gasteiger partial charge in [-0.1, -0.05) is 18.2 Å². The van der Waals surface area contributed by atoms with Gasteiger partial charge in [-0.25, -0.2) is 13.8 Å². The standard InChI is InChI=1S/C27H25F2N5O/c1-17-4-2-6-20-24(17)31-26(32-25(20)35)33-10-7-27(8-11-33)16-34(15-18-5-3-9-30-14-18)22-13-19(28)12-21(29)23(22)27/h2-6,9,12-14H,7-8,10-11,15-16H2,1H3,(H,31,32,35). The van der Waals surface area contributed by atoms with Crippen LogP contribution in [0.5, 0.6) is 0 Å². The normalized spacial score (nSPS) is 16.8. The molecule has 1 fully saturated rings. The van der Waals surface area contributed by atoms with E-state index in [-0.39, 0.29) is 5.56 Å². The molecule has 0 radical (unpaired) electrons. The third kappa shape index (κ3) is 3.64. The van der Waals surface area contributed by atoms with Gasteiger partial charge >= 0.3 is 0 Å². The zero-order chi connectivity index (χ0) is 24.2. The van der Waals surface area contributed by atoms with Gasteiger partial charge in [-0.3, -0.25) is 14.8 Å². The zero-order valence-electron chi connectivity index (χ0n) is 19.4. The van der Waals surface area contributed by atoms with Crippen LogP contribution >= 0.6 is 0 Å². The minimum Gasteiger partial charge on any atom is -0.366 e. The van der Waals surface area contributed by atoms with Crippen LogP contribution < -0.4 is 15.4 Å². The average Bonchev–Trinajstić information content (AvgIpc) is 3.13. The van der Waals surface area contributed by atoms with Crippen molar-refractivity contribution in [1.82, 2.24) is 15.0 Å². The lowest BCUT2D eigenvalue weighted by molar-refractivity contribution is 0.337. The van der Waals surface area contributed by atoms with Gasteiger partial charge in [0.05, 0.1) is 10.9 Å². The number of fused-ring (bicyclic) bond motifs is 3. The molecule has 0 bridgehead atoms. The highest BCUT2D eigenvalue weighted by Gasteiger charge is 2.47. The average molecular weight is 474 g/mol. The Hall–Kier alpha value is -3.81. The molecule has 6 rings (SSSR count). The summed E-state index contributed by atoms with van der Waals surface area (Å²) >= 11 is 0. The van der Waals surface area contributed by atoms with Crippen LogP contribution in [0, 0.1) is 18.6 Å². The van der Waals surface area contributed by atoms with Crippen molar-refractivity contribution in [2.24, 2.45) is 0 Å². The molecule has 35 heavy (non-hydrogen) atoms. The quantitative estimate of drug-likeness (QED) is 0.476. The van der Waals surface area contributed by atoms with E-state index in [1.54, 1.807) is 18.5 Å². The lowest BCUT2D eigenvalue weighted by Gasteiger charge is -2.40. The summed E-state index contributed by atoms with van der Waals surface area (Å²) in [5, 5.41) is 0.571. The van der Waals surface area contributed by atoms with E-state index >= 15 is 4.39 Å². The lowest BCUT2D eigenvalue weighted by atomic mass is 9.74. The summed E-state index contributed by atoms with van der Waals surface area (Å²) in [6.07, 6.45) is 4.83. The molecule has 8 heteroatoms. The van der Waals surface area contributed by atoms with Gasteiger partial charge in [-0.15, -0.1) is 0 Å². The van der Waals surface area contributed by atoms with Crippen LogP contribution in [0.15, 0.2) is 59.7 Å². The number of hydrogen-bond donors (Lipinski definition) is 1. The fourth-order valence-electron chi connectivity index (χ4n) is 5.71. The van der Waals surface area contributed by atoms with Crippen molar-refractivity contribution in [2.45, 2.75) is 31.7 Å². The molecule has 1 spiro atoms. The van der Waals surface area contributed by atoms with E-state index in [2.05, 4.69) is 19.8 Å². The number of rotatable bonds is 3. The van der Waals surface area contributed by atoms with Crippen LogP contribution in [0.2, 0.25) is 0 Å². The Labute approximate surface area is 201 Å². The minimum absolute atomic E-state index is 0.163. The molecule has 0 aliphatic carbocycles. The smallest absolute Gasteiger partial charge is 0.260 e. The second kappa shape index (κ2) is 8.15. The summed E-state index contributed by atoms with van der Waals surface area (Å²) in [6, 6.07) is 11.8. The molecule has 4 heterocycles. The predicted molar refractivity (Wildman–Crippen MR) is 132 cm³/mol. The summed E-state index contributed by atoms with van der Waals surface area (Å²) in [7, 11) is 0. The number of H-pyrrole nitrogens is 1. The molecule has 2 aromatic heterocycles. The van der Waals surface area contributed by atoms with Crippen molar-refractivity contribution in [3.05, 3.63) is 93.5 Å². The molecule has 0 atom stereocenters. The zero-order valence-corrected chi connectivity index (χ0v) is 19.4. The Bertz CT molecular complexity index is 1480. The maximum atomic E-state index is 15.2. The van der Waals surface area contributed by atoms with Gasteiger partial charge in [0.15, 0.2) is 0 Å².